The van der Waals surface area contributed by atoms with Gasteiger partial charge in [-0.05, 0) is 58.4 Å². The molecule has 0 unspecified atom stereocenters. The number of carbonyl (C=O) groups is 1. The number of halogens is 1. The largest absolute Gasteiger partial charge is 0.398 e. The van der Waals surface area contributed by atoms with E-state index in [-0.39, 0.29) is 5.91 Å². The van der Waals surface area contributed by atoms with Crippen LogP contribution >= 0.6 is 27.3 Å². The average molecular weight is 339 g/mol. The number of thiophene rings is 1. The fraction of sp³-hybridized carbons (Fsp3) is 0.214. The van der Waals surface area contributed by atoms with Crippen LogP contribution in [0.5, 0.6) is 0 Å². The zero-order chi connectivity index (χ0) is 14.0. The minimum Gasteiger partial charge on any atom is -0.398 e. The fourth-order valence-corrected chi connectivity index (χ4v) is 3.25. The molecule has 0 fully saturated rings. The van der Waals surface area contributed by atoms with Crippen molar-refractivity contribution in [2.24, 2.45) is 0 Å². The molecule has 0 aliphatic carbocycles. The van der Waals surface area contributed by atoms with Crippen LogP contribution in [0.2, 0.25) is 0 Å². The SMILES string of the molecule is Cc1cc(C)c(C(=O)NCc2sccc2Br)cc1N. The lowest BCUT2D eigenvalue weighted by molar-refractivity contribution is 0.0950. The van der Waals surface area contributed by atoms with Crippen LogP contribution in [0.25, 0.3) is 0 Å². The molecule has 3 nitrogen and oxygen atoms in total. The number of rotatable bonds is 3. The molecule has 0 radical (unpaired) electrons. The molecule has 0 saturated heterocycles. The molecule has 0 saturated carbocycles. The highest BCUT2D eigenvalue weighted by atomic mass is 79.9. The monoisotopic (exact) mass is 338 g/mol. The third-order valence-corrected chi connectivity index (χ3v) is 4.88. The van der Waals surface area contributed by atoms with Gasteiger partial charge in [0.05, 0.1) is 6.54 Å². The summed E-state index contributed by atoms with van der Waals surface area (Å²) in [5, 5.41) is 4.90. The van der Waals surface area contributed by atoms with Crippen LogP contribution in [-0.4, -0.2) is 5.91 Å². The summed E-state index contributed by atoms with van der Waals surface area (Å²) in [7, 11) is 0. The second-order valence-corrected chi connectivity index (χ2v) is 6.25. The average Bonchev–Trinajstić information content (AvgIpc) is 2.76. The Bertz CT molecular complexity index is 622. The van der Waals surface area contributed by atoms with Crippen molar-refractivity contribution in [3.8, 4) is 0 Å². The van der Waals surface area contributed by atoms with E-state index in [0.717, 1.165) is 20.5 Å². The summed E-state index contributed by atoms with van der Waals surface area (Å²) >= 11 is 5.06. The second kappa shape index (κ2) is 5.75. The summed E-state index contributed by atoms with van der Waals surface area (Å²) in [5.74, 6) is -0.0931. The molecule has 5 heteroatoms. The molecule has 2 rings (SSSR count). The highest BCUT2D eigenvalue weighted by Gasteiger charge is 2.11. The number of nitrogens with two attached hydrogens (primary N) is 1. The maximum Gasteiger partial charge on any atom is 0.251 e. The Balaban J connectivity index is 2.12. The van der Waals surface area contributed by atoms with E-state index in [4.69, 9.17) is 5.73 Å². The maximum absolute atomic E-state index is 12.2. The van der Waals surface area contributed by atoms with Gasteiger partial charge in [-0.25, -0.2) is 0 Å². The number of benzene rings is 1. The zero-order valence-corrected chi connectivity index (χ0v) is 13.2. The quantitative estimate of drug-likeness (QED) is 0.839. The van der Waals surface area contributed by atoms with E-state index in [1.165, 1.54) is 0 Å². The van der Waals surface area contributed by atoms with Crippen LogP contribution in [0.3, 0.4) is 0 Å². The van der Waals surface area contributed by atoms with E-state index in [0.29, 0.717) is 17.8 Å². The normalized spacial score (nSPS) is 10.5. The van der Waals surface area contributed by atoms with Crippen molar-refractivity contribution in [3.05, 3.63) is 49.6 Å². The molecule has 0 aliphatic rings. The Morgan fingerprint density at radius 1 is 1.37 bits per heavy atom. The minimum absolute atomic E-state index is 0.0931. The first kappa shape index (κ1) is 14.1. The number of hydrogen-bond acceptors (Lipinski definition) is 3. The summed E-state index contributed by atoms with van der Waals surface area (Å²) in [6.07, 6.45) is 0. The molecule has 19 heavy (non-hydrogen) atoms. The molecule has 1 amide bonds. The highest BCUT2D eigenvalue weighted by molar-refractivity contribution is 9.10. The summed E-state index contributed by atoms with van der Waals surface area (Å²) in [4.78, 5) is 13.3. The molecule has 3 N–H and O–H groups in total. The van der Waals surface area contributed by atoms with Crippen molar-refractivity contribution < 1.29 is 4.79 Å². The van der Waals surface area contributed by atoms with Gasteiger partial charge in [-0.1, -0.05) is 6.07 Å². The lowest BCUT2D eigenvalue weighted by Crippen LogP contribution is -2.23. The topological polar surface area (TPSA) is 55.1 Å². The van der Waals surface area contributed by atoms with Gasteiger partial charge >= 0.3 is 0 Å². The summed E-state index contributed by atoms with van der Waals surface area (Å²) < 4.78 is 1.03. The van der Waals surface area contributed by atoms with Crippen LogP contribution in [-0.2, 0) is 6.54 Å². The van der Waals surface area contributed by atoms with Gasteiger partial charge in [0.25, 0.3) is 5.91 Å². The highest BCUT2D eigenvalue weighted by Crippen LogP contribution is 2.23. The predicted octanol–water partition coefficient (Wildman–Crippen LogP) is 3.64. The molecule has 1 aromatic heterocycles. The smallest absolute Gasteiger partial charge is 0.251 e. The van der Waals surface area contributed by atoms with Gasteiger partial charge in [0.2, 0.25) is 0 Å². The van der Waals surface area contributed by atoms with E-state index >= 15 is 0 Å². The van der Waals surface area contributed by atoms with Crippen molar-refractivity contribution in [2.75, 3.05) is 5.73 Å². The number of nitrogen functional groups attached to an aromatic ring is 1. The summed E-state index contributed by atoms with van der Waals surface area (Å²) in [6.45, 7) is 4.37. The number of anilines is 1. The Kier molecular flexibility index (Phi) is 4.27. The molecule has 2 aromatic rings. The standard InChI is InChI=1S/C14H15BrN2OS/c1-8-5-9(2)12(16)6-10(8)14(18)17-7-13-11(15)3-4-19-13/h3-6H,7,16H2,1-2H3,(H,17,18). The maximum atomic E-state index is 12.2. The van der Waals surface area contributed by atoms with Gasteiger partial charge in [0.15, 0.2) is 0 Å². The summed E-state index contributed by atoms with van der Waals surface area (Å²) in [6, 6.07) is 5.65. The van der Waals surface area contributed by atoms with Crippen LogP contribution in [0.1, 0.15) is 26.4 Å². The van der Waals surface area contributed by atoms with Crippen LogP contribution in [0.4, 0.5) is 5.69 Å². The van der Waals surface area contributed by atoms with Crippen LogP contribution in [0.15, 0.2) is 28.1 Å². The molecule has 1 heterocycles. The predicted molar refractivity (Wildman–Crippen MR) is 83.5 cm³/mol. The third kappa shape index (κ3) is 3.16. The van der Waals surface area contributed by atoms with Crippen molar-refractivity contribution >= 4 is 38.9 Å². The first-order valence-corrected chi connectivity index (χ1v) is 7.53. The molecule has 0 bridgehead atoms. The Labute approximate surface area is 125 Å². The van der Waals surface area contributed by atoms with E-state index < -0.39 is 0 Å². The van der Waals surface area contributed by atoms with Gasteiger partial charge in [-0.3, -0.25) is 4.79 Å². The molecule has 0 atom stereocenters. The number of hydrogen-bond donors (Lipinski definition) is 2. The lowest BCUT2D eigenvalue weighted by Gasteiger charge is -2.10. The van der Waals surface area contributed by atoms with E-state index in [1.807, 2.05) is 31.4 Å². The number of nitrogens with one attached hydrogen (secondary N) is 1. The number of carbonyl (C=O) groups excluding carboxylic acids is 1. The Morgan fingerprint density at radius 3 is 2.74 bits per heavy atom. The third-order valence-electron chi connectivity index (χ3n) is 2.96. The van der Waals surface area contributed by atoms with Crippen molar-refractivity contribution in [1.29, 1.82) is 0 Å². The van der Waals surface area contributed by atoms with Gasteiger partial charge in [0.1, 0.15) is 0 Å². The number of aryl methyl sites for hydroxylation is 2. The first-order valence-electron chi connectivity index (χ1n) is 5.86. The minimum atomic E-state index is -0.0931. The molecular formula is C14H15BrN2OS. The second-order valence-electron chi connectivity index (χ2n) is 4.40. The fourth-order valence-electron chi connectivity index (χ4n) is 1.82. The molecular weight excluding hydrogens is 324 g/mol. The zero-order valence-electron chi connectivity index (χ0n) is 10.8. The van der Waals surface area contributed by atoms with E-state index in [1.54, 1.807) is 17.4 Å². The van der Waals surface area contributed by atoms with Crippen LogP contribution in [0, 0.1) is 13.8 Å². The van der Waals surface area contributed by atoms with Gasteiger partial charge in [0, 0.05) is 20.6 Å². The van der Waals surface area contributed by atoms with Gasteiger partial charge in [-0.15, -0.1) is 11.3 Å². The van der Waals surface area contributed by atoms with E-state index in [2.05, 4.69) is 21.2 Å². The van der Waals surface area contributed by atoms with Crippen LogP contribution < -0.4 is 11.1 Å². The van der Waals surface area contributed by atoms with E-state index in [9.17, 15) is 4.79 Å². The van der Waals surface area contributed by atoms with Crippen molar-refractivity contribution in [1.82, 2.24) is 5.32 Å². The summed E-state index contributed by atoms with van der Waals surface area (Å²) in [5.41, 5.74) is 9.07. The lowest BCUT2D eigenvalue weighted by atomic mass is 10.0. The molecule has 0 aliphatic heterocycles. The Morgan fingerprint density at radius 2 is 2.11 bits per heavy atom. The van der Waals surface area contributed by atoms with Crippen molar-refractivity contribution in [3.63, 3.8) is 0 Å². The van der Waals surface area contributed by atoms with Crippen molar-refractivity contribution in [2.45, 2.75) is 20.4 Å². The Hall–Kier alpha value is -1.33. The van der Waals surface area contributed by atoms with Gasteiger partial charge in [-0.2, -0.15) is 0 Å². The first-order chi connectivity index (χ1) is 8.99. The van der Waals surface area contributed by atoms with Gasteiger partial charge < -0.3 is 11.1 Å². The molecule has 100 valence electrons. The molecule has 0 spiro atoms. The number of amides is 1. The molecule has 1 aromatic carbocycles.